The fraction of sp³-hybridized carbons (Fsp3) is 0.462. The number of hydrogen-bond acceptors (Lipinski definition) is 8. The van der Waals surface area contributed by atoms with Crippen molar-refractivity contribution in [1.82, 2.24) is 20.9 Å². The van der Waals surface area contributed by atoms with Crippen molar-refractivity contribution in [2.75, 3.05) is 12.0 Å². The minimum absolute atomic E-state index is 0.0173. The quantitative estimate of drug-likeness (QED) is 0.110. The van der Waals surface area contributed by atoms with Crippen LogP contribution < -0.4 is 27.4 Å². The second-order valence-electron chi connectivity index (χ2n) is 9.41. The lowest BCUT2D eigenvalue weighted by atomic mass is 10.0. The Morgan fingerprint density at radius 1 is 0.878 bits per heavy atom. The average Bonchev–Trinajstić information content (AvgIpc) is 3.33. The minimum Gasteiger partial charge on any atom is -0.481 e. The first kappa shape index (κ1) is 33.1. The fourth-order valence-corrected chi connectivity index (χ4v) is 4.48. The van der Waals surface area contributed by atoms with Gasteiger partial charge in [0.1, 0.15) is 18.1 Å². The zero-order valence-corrected chi connectivity index (χ0v) is 23.4. The maximum absolute atomic E-state index is 13.4. The number of primary amides is 1. The third-order valence-corrected chi connectivity index (χ3v) is 6.92. The first-order valence-electron chi connectivity index (χ1n) is 12.9. The first-order valence-corrected chi connectivity index (χ1v) is 14.3. The predicted molar refractivity (Wildman–Crippen MR) is 152 cm³/mol. The van der Waals surface area contributed by atoms with Gasteiger partial charge in [-0.25, -0.2) is 4.79 Å². The van der Waals surface area contributed by atoms with Gasteiger partial charge in [-0.1, -0.05) is 18.2 Å². The molecule has 14 nitrogen and oxygen atoms in total. The van der Waals surface area contributed by atoms with Crippen molar-refractivity contribution in [3.63, 3.8) is 0 Å². The maximum Gasteiger partial charge on any atom is 0.326 e. The fourth-order valence-electron chi connectivity index (χ4n) is 4.01. The van der Waals surface area contributed by atoms with Crippen LogP contribution in [0, 0.1) is 0 Å². The van der Waals surface area contributed by atoms with Gasteiger partial charge in [-0.15, -0.1) is 0 Å². The van der Waals surface area contributed by atoms with E-state index in [0.29, 0.717) is 11.3 Å². The molecule has 4 unspecified atom stereocenters. The molecule has 1 aromatic heterocycles. The number of carbonyl (C=O) groups excluding carboxylic acids is 4. The van der Waals surface area contributed by atoms with Crippen molar-refractivity contribution in [2.45, 2.75) is 62.7 Å². The number of H-pyrrole nitrogens is 1. The van der Waals surface area contributed by atoms with E-state index in [1.165, 1.54) is 11.8 Å². The van der Waals surface area contributed by atoms with Crippen LogP contribution in [0.25, 0.3) is 10.9 Å². The molecule has 0 spiro atoms. The van der Waals surface area contributed by atoms with E-state index in [-0.39, 0.29) is 32.1 Å². The number of aromatic amines is 1. The molecule has 0 saturated heterocycles. The highest BCUT2D eigenvalue weighted by Crippen LogP contribution is 2.19. The van der Waals surface area contributed by atoms with Gasteiger partial charge in [0, 0.05) is 36.4 Å². The second kappa shape index (κ2) is 16.2. The summed E-state index contributed by atoms with van der Waals surface area (Å²) in [5, 5.41) is 26.8. The Kier molecular flexibility index (Phi) is 13.1. The summed E-state index contributed by atoms with van der Waals surface area (Å²) in [4.78, 5) is 76.1. The SMILES string of the molecule is CSCCC(NC(=O)C(N)CCC(N)=O)C(=O)NC(Cc1c[nH]c2ccccc12)C(=O)NC(CCC(=O)O)C(=O)O. The number of nitrogens with one attached hydrogen (secondary N) is 4. The number of fused-ring (bicyclic) bond motifs is 1. The minimum atomic E-state index is -1.50. The van der Waals surface area contributed by atoms with Crippen molar-refractivity contribution < 1.29 is 39.0 Å². The van der Waals surface area contributed by atoms with Crippen LogP contribution in [0.4, 0.5) is 0 Å². The van der Waals surface area contributed by atoms with Gasteiger partial charge in [0.2, 0.25) is 23.6 Å². The van der Waals surface area contributed by atoms with Crippen molar-refractivity contribution in [1.29, 1.82) is 0 Å². The standard InChI is InChI=1S/C26H36N6O8S/c1-41-11-10-18(30-23(36)16(27)6-8-21(28)33)24(37)32-20(12-14-13-29-17-5-3-2-4-15(14)17)25(38)31-19(26(39)40)7-9-22(34)35/h2-5,13,16,18-20,29H,6-12,27H2,1H3,(H2,28,33)(H,30,36)(H,31,38)(H,32,37)(H,34,35)(H,39,40). The summed E-state index contributed by atoms with van der Waals surface area (Å²) in [5.74, 6) is -5.02. The lowest BCUT2D eigenvalue weighted by Crippen LogP contribution is -2.57. The van der Waals surface area contributed by atoms with Crippen LogP contribution in [-0.2, 0) is 35.2 Å². The highest BCUT2D eigenvalue weighted by molar-refractivity contribution is 7.98. The predicted octanol–water partition coefficient (Wildman–Crippen LogP) is -0.540. The molecule has 0 bridgehead atoms. The van der Waals surface area contributed by atoms with Crippen LogP contribution in [-0.4, -0.2) is 86.9 Å². The van der Waals surface area contributed by atoms with Gasteiger partial charge in [0.15, 0.2) is 0 Å². The summed E-state index contributed by atoms with van der Waals surface area (Å²) < 4.78 is 0. The largest absolute Gasteiger partial charge is 0.481 e. The average molecular weight is 593 g/mol. The molecule has 224 valence electrons. The summed E-state index contributed by atoms with van der Waals surface area (Å²) in [5.41, 5.74) is 12.4. The molecule has 0 aliphatic heterocycles. The molecule has 10 N–H and O–H groups in total. The molecule has 4 atom stereocenters. The van der Waals surface area contributed by atoms with Gasteiger partial charge in [-0.3, -0.25) is 24.0 Å². The molecule has 1 heterocycles. The van der Waals surface area contributed by atoms with Crippen LogP contribution >= 0.6 is 11.8 Å². The number of aliphatic carboxylic acids is 2. The molecular weight excluding hydrogens is 556 g/mol. The van der Waals surface area contributed by atoms with Crippen LogP contribution in [0.15, 0.2) is 30.5 Å². The molecule has 0 fully saturated rings. The van der Waals surface area contributed by atoms with E-state index in [4.69, 9.17) is 16.6 Å². The number of aromatic nitrogens is 1. The molecule has 1 aromatic carbocycles. The number of benzene rings is 1. The third-order valence-electron chi connectivity index (χ3n) is 6.28. The van der Waals surface area contributed by atoms with Gasteiger partial charge in [0.05, 0.1) is 6.04 Å². The summed E-state index contributed by atoms with van der Waals surface area (Å²) in [7, 11) is 0. The van der Waals surface area contributed by atoms with E-state index < -0.39 is 66.2 Å². The van der Waals surface area contributed by atoms with E-state index in [1.807, 2.05) is 24.5 Å². The number of hydrogen-bond donors (Lipinski definition) is 8. The molecule has 4 amide bonds. The Balaban J connectivity index is 2.29. The number of rotatable bonds is 18. The van der Waals surface area contributed by atoms with E-state index in [2.05, 4.69) is 20.9 Å². The lowest BCUT2D eigenvalue weighted by Gasteiger charge is -2.25. The van der Waals surface area contributed by atoms with E-state index >= 15 is 0 Å². The Bertz CT molecular complexity index is 1250. The summed E-state index contributed by atoms with van der Waals surface area (Å²) in [6.45, 7) is 0. The van der Waals surface area contributed by atoms with Gasteiger partial charge in [0.25, 0.3) is 0 Å². The van der Waals surface area contributed by atoms with Gasteiger partial charge >= 0.3 is 11.9 Å². The van der Waals surface area contributed by atoms with E-state index in [0.717, 1.165) is 10.9 Å². The van der Waals surface area contributed by atoms with Gasteiger partial charge in [-0.05, 0) is 42.9 Å². The molecule has 41 heavy (non-hydrogen) atoms. The topological polar surface area (TPSA) is 247 Å². The molecule has 2 aromatic rings. The Morgan fingerprint density at radius 2 is 1.51 bits per heavy atom. The second-order valence-corrected chi connectivity index (χ2v) is 10.4. The van der Waals surface area contributed by atoms with Gasteiger partial charge < -0.3 is 42.6 Å². The third kappa shape index (κ3) is 10.8. The van der Waals surface area contributed by atoms with Crippen molar-refractivity contribution >= 4 is 58.2 Å². The molecule has 0 aliphatic carbocycles. The Morgan fingerprint density at radius 3 is 2.15 bits per heavy atom. The van der Waals surface area contributed by atoms with Gasteiger partial charge in [-0.2, -0.15) is 11.8 Å². The smallest absolute Gasteiger partial charge is 0.326 e. The summed E-state index contributed by atoms with van der Waals surface area (Å²) >= 11 is 1.43. The number of amides is 4. The number of carboxylic acid groups (broad SMARTS) is 2. The Hall–Kier alpha value is -4.11. The summed E-state index contributed by atoms with van der Waals surface area (Å²) in [6, 6.07) is 2.31. The molecule has 15 heteroatoms. The number of thioether (sulfide) groups is 1. The number of nitrogens with two attached hydrogens (primary N) is 2. The monoisotopic (exact) mass is 592 g/mol. The Labute approximate surface area is 240 Å². The zero-order valence-electron chi connectivity index (χ0n) is 22.6. The highest BCUT2D eigenvalue weighted by Gasteiger charge is 2.31. The number of carboxylic acids is 2. The lowest BCUT2D eigenvalue weighted by molar-refractivity contribution is -0.143. The van der Waals surface area contributed by atoms with E-state index in [1.54, 1.807) is 12.3 Å². The summed E-state index contributed by atoms with van der Waals surface area (Å²) in [6.07, 6.45) is 2.65. The number of carbonyl (C=O) groups is 6. The van der Waals surface area contributed by atoms with Crippen LogP contribution in [0.1, 0.15) is 37.7 Å². The zero-order chi connectivity index (χ0) is 30.5. The van der Waals surface area contributed by atoms with E-state index in [9.17, 15) is 33.9 Å². The normalized spacial score (nSPS) is 13.9. The van der Waals surface area contributed by atoms with Crippen molar-refractivity contribution in [2.24, 2.45) is 11.5 Å². The highest BCUT2D eigenvalue weighted by atomic mass is 32.2. The first-order chi connectivity index (χ1) is 19.4. The van der Waals surface area contributed by atoms with Crippen LogP contribution in [0.5, 0.6) is 0 Å². The van der Waals surface area contributed by atoms with Crippen LogP contribution in [0.2, 0.25) is 0 Å². The number of para-hydroxylation sites is 1. The maximum atomic E-state index is 13.4. The van der Waals surface area contributed by atoms with Crippen LogP contribution in [0.3, 0.4) is 0 Å². The molecule has 0 radical (unpaired) electrons. The van der Waals surface area contributed by atoms with Crippen molar-refractivity contribution in [3.8, 4) is 0 Å². The van der Waals surface area contributed by atoms with Crippen molar-refractivity contribution in [3.05, 3.63) is 36.0 Å². The molecular formula is C26H36N6O8S. The molecule has 2 rings (SSSR count). The molecule has 0 aliphatic rings. The molecule has 0 saturated carbocycles.